The highest BCUT2D eigenvalue weighted by molar-refractivity contribution is 6.03. The smallest absolute Gasteiger partial charge is 0.269 e. The van der Waals surface area contributed by atoms with Crippen LogP contribution in [0, 0.1) is 24.0 Å². The van der Waals surface area contributed by atoms with Crippen LogP contribution in [0.25, 0.3) is 0 Å². The van der Waals surface area contributed by atoms with Gasteiger partial charge in [0.25, 0.3) is 11.6 Å². The van der Waals surface area contributed by atoms with Crippen molar-refractivity contribution in [3.8, 4) is 0 Å². The molecule has 0 N–H and O–H groups in total. The first-order valence-corrected chi connectivity index (χ1v) is 8.73. The standard InChI is InChI=1S/C20H21N3O4/c1-13-4-9-18(14(2)12-13)22-11-10-21(15(3)19(22)24)20(25)16-5-7-17(8-6-16)23(26)27/h4-9,12,15H,10-11H2,1-3H3/t15-/m1/s1. The summed E-state index contributed by atoms with van der Waals surface area (Å²) in [4.78, 5) is 39.2. The third kappa shape index (κ3) is 3.53. The maximum absolute atomic E-state index is 12.9. The molecule has 0 radical (unpaired) electrons. The fraction of sp³-hybridized carbons (Fsp3) is 0.300. The third-order valence-electron chi connectivity index (χ3n) is 4.88. The molecule has 7 heteroatoms. The zero-order chi connectivity index (χ0) is 19.7. The zero-order valence-corrected chi connectivity index (χ0v) is 15.5. The number of hydrogen-bond acceptors (Lipinski definition) is 4. The predicted octanol–water partition coefficient (Wildman–Crippen LogP) is 3.09. The maximum Gasteiger partial charge on any atom is 0.269 e. The van der Waals surface area contributed by atoms with Crippen molar-refractivity contribution in [3.05, 3.63) is 69.3 Å². The molecule has 1 heterocycles. The minimum atomic E-state index is -0.609. The Bertz CT molecular complexity index is 908. The Balaban J connectivity index is 1.79. The van der Waals surface area contributed by atoms with E-state index >= 15 is 0 Å². The van der Waals surface area contributed by atoms with E-state index in [2.05, 4.69) is 0 Å². The van der Waals surface area contributed by atoms with Crippen LogP contribution in [0.1, 0.15) is 28.4 Å². The lowest BCUT2D eigenvalue weighted by Gasteiger charge is -2.39. The summed E-state index contributed by atoms with van der Waals surface area (Å²) in [5.74, 6) is -0.436. The van der Waals surface area contributed by atoms with E-state index in [1.807, 2.05) is 32.0 Å². The van der Waals surface area contributed by atoms with Crippen molar-refractivity contribution in [2.45, 2.75) is 26.8 Å². The normalized spacial score (nSPS) is 17.1. The highest BCUT2D eigenvalue weighted by Gasteiger charge is 2.35. The van der Waals surface area contributed by atoms with Gasteiger partial charge in [0.15, 0.2) is 0 Å². The number of carbonyl (C=O) groups excluding carboxylic acids is 2. The van der Waals surface area contributed by atoms with E-state index in [9.17, 15) is 19.7 Å². The van der Waals surface area contributed by atoms with E-state index in [4.69, 9.17) is 0 Å². The molecule has 2 aromatic carbocycles. The van der Waals surface area contributed by atoms with Gasteiger partial charge >= 0.3 is 0 Å². The lowest BCUT2D eigenvalue weighted by atomic mass is 10.1. The molecule has 0 aromatic heterocycles. The van der Waals surface area contributed by atoms with Crippen molar-refractivity contribution in [1.82, 2.24) is 4.90 Å². The first-order chi connectivity index (χ1) is 12.8. The van der Waals surface area contributed by atoms with Crippen molar-refractivity contribution in [1.29, 1.82) is 0 Å². The number of non-ortho nitro benzene ring substituents is 1. The lowest BCUT2D eigenvalue weighted by Crippen LogP contribution is -2.57. The van der Waals surface area contributed by atoms with Gasteiger partial charge in [-0.05, 0) is 44.5 Å². The Kier molecular flexibility index (Phi) is 4.94. The number of piperazine rings is 1. The van der Waals surface area contributed by atoms with Gasteiger partial charge in [0.05, 0.1) is 4.92 Å². The van der Waals surface area contributed by atoms with Crippen molar-refractivity contribution in [2.24, 2.45) is 0 Å². The van der Waals surface area contributed by atoms with Gasteiger partial charge in [-0.1, -0.05) is 17.7 Å². The highest BCUT2D eigenvalue weighted by atomic mass is 16.6. The fourth-order valence-corrected chi connectivity index (χ4v) is 3.39. The van der Waals surface area contributed by atoms with Gasteiger partial charge in [0.2, 0.25) is 5.91 Å². The number of rotatable bonds is 3. The summed E-state index contributed by atoms with van der Waals surface area (Å²) >= 11 is 0. The number of hydrogen-bond donors (Lipinski definition) is 0. The number of amides is 2. The SMILES string of the molecule is Cc1ccc(N2CCN(C(=O)c3ccc([N+](=O)[O-])cc3)[C@H](C)C2=O)c(C)c1. The Morgan fingerprint density at radius 1 is 1.11 bits per heavy atom. The van der Waals surface area contributed by atoms with Crippen molar-refractivity contribution >= 4 is 23.2 Å². The van der Waals surface area contributed by atoms with Crippen molar-refractivity contribution in [3.63, 3.8) is 0 Å². The average molecular weight is 367 g/mol. The molecular weight excluding hydrogens is 346 g/mol. The van der Waals surface area contributed by atoms with Crippen LogP contribution in [0.3, 0.4) is 0 Å². The van der Waals surface area contributed by atoms with Gasteiger partial charge in [-0.15, -0.1) is 0 Å². The van der Waals surface area contributed by atoms with Gasteiger partial charge in [-0.2, -0.15) is 0 Å². The molecule has 7 nitrogen and oxygen atoms in total. The third-order valence-corrected chi connectivity index (χ3v) is 4.88. The zero-order valence-electron chi connectivity index (χ0n) is 15.5. The Morgan fingerprint density at radius 3 is 2.37 bits per heavy atom. The molecule has 0 saturated carbocycles. The summed E-state index contributed by atoms with van der Waals surface area (Å²) in [6, 6.07) is 10.8. The number of nitro benzene ring substituents is 1. The average Bonchev–Trinajstić information content (AvgIpc) is 2.64. The van der Waals surface area contributed by atoms with E-state index in [0.717, 1.165) is 16.8 Å². The predicted molar refractivity (Wildman–Crippen MR) is 102 cm³/mol. The van der Waals surface area contributed by atoms with Crippen LogP contribution >= 0.6 is 0 Å². The molecule has 0 bridgehead atoms. The van der Waals surface area contributed by atoms with Gasteiger partial charge in [0.1, 0.15) is 6.04 Å². The second kappa shape index (κ2) is 7.19. The molecule has 140 valence electrons. The molecule has 2 amide bonds. The summed E-state index contributed by atoms with van der Waals surface area (Å²) in [5, 5.41) is 10.8. The molecule has 1 aliphatic rings. The van der Waals surface area contributed by atoms with Gasteiger partial charge in [-0.25, -0.2) is 0 Å². The highest BCUT2D eigenvalue weighted by Crippen LogP contribution is 2.26. The van der Waals surface area contributed by atoms with Gasteiger partial charge in [-0.3, -0.25) is 19.7 Å². The maximum atomic E-state index is 12.9. The minimum absolute atomic E-state index is 0.0738. The largest absolute Gasteiger partial charge is 0.325 e. The number of nitro groups is 1. The van der Waals surface area contributed by atoms with Crippen LogP contribution in [-0.4, -0.2) is 40.8 Å². The van der Waals surface area contributed by atoms with Crippen molar-refractivity contribution in [2.75, 3.05) is 18.0 Å². The van der Waals surface area contributed by atoms with Crippen LogP contribution in [-0.2, 0) is 4.79 Å². The summed E-state index contributed by atoms with van der Waals surface area (Å²) < 4.78 is 0. The summed E-state index contributed by atoms with van der Waals surface area (Å²) in [7, 11) is 0. The number of anilines is 1. The van der Waals surface area contributed by atoms with Crippen LogP contribution < -0.4 is 4.90 Å². The monoisotopic (exact) mass is 367 g/mol. The summed E-state index contributed by atoms with van der Waals surface area (Å²) in [6.07, 6.45) is 0. The molecule has 1 fully saturated rings. The second-order valence-corrected chi connectivity index (χ2v) is 6.76. The topological polar surface area (TPSA) is 83.8 Å². The number of aryl methyl sites for hydroxylation is 2. The molecule has 0 spiro atoms. The molecule has 0 unspecified atom stereocenters. The quantitative estimate of drug-likeness (QED) is 0.616. The molecule has 1 saturated heterocycles. The molecule has 1 aliphatic heterocycles. The van der Waals surface area contributed by atoms with Crippen LogP contribution in [0.5, 0.6) is 0 Å². The number of benzene rings is 2. The van der Waals surface area contributed by atoms with Gasteiger partial charge in [0, 0.05) is 36.5 Å². The van der Waals surface area contributed by atoms with E-state index in [-0.39, 0.29) is 17.5 Å². The van der Waals surface area contributed by atoms with E-state index in [1.165, 1.54) is 29.2 Å². The van der Waals surface area contributed by atoms with E-state index < -0.39 is 11.0 Å². The first kappa shape index (κ1) is 18.6. The molecule has 27 heavy (non-hydrogen) atoms. The fourth-order valence-electron chi connectivity index (χ4n) is 3.39. The van der Waals surface area contributed by atoms with Gasteiger partial charge < -0.3 is 9.80 Å². The second-order valence-electron chi connectivity index (χ2n) is 6.76. The van der Waals surface area contributed by atoms with Crippen LogP contribution in [0.15, 0.2) is 42.5 Å². The Hall–Kier alpha value is -3.22. The van der Waals surface area contributed by atoms with Crippen LogP contribution in [0.4, 0.5) is 11.4 Å². The lowest BCUT2D eigenvalue weighted by molar-refractivity contribution is -0.384. The van der Waals surface area contributed by atoms with Crippen molar-refractivity contribution < 1.29 is 14.5 Å². The number of nitrogens with zero attached hydrogens (tertiary/aromatic N) is 3. The molecule has 0 aliphatic carbocycles. The Labute approximate surface area is 157 Å². The molecule has 3 rings (SSSR count). The Morgan fingerprint density at radius 2 is 1.78 bits per heavy atom. The summed E-state index contributed by atoms with van der Waals surface area (Å²) in [6.45, 7) is 6.49. The number of carbonyl (C=O) groups is 2. The van der Waals surface area contributed by atoms with E-state index in [1.54, 1.807) is 11.8 Å². The molecule has 1 atom stereocenters. The molecular formula is C20H21N3O4. The molecule has 2 aromatic rings. The first-order valence-electron chi connectivity index (χ1n) is 8.73. The van der Waals surface area contributed by atoms with E-state index in [0.29, 0.717) is 18.7 Å². The minimum Gasteiger partial charge on any atom is -0.325 e. The van der Waals surface area contributed by atoms with Crippen LogP contribution in [0.2, 0.25) is 0 Å². The summed E-state index contributed by atoms with van der Waals surface area (Å²) in [5.41, 5.74) is 3.27.